The minimum atomic E-state index is -1.35. The number of esters is 2. The van der Waals surface area contributed by atoms with Crippen molar-refractivity contribution < 1.29 is 82.4 Å². The normalized spacial score (nSPS) is 10.1. The molecule has 0 bridgehead atoms. The van der Waals surface area contributed by atoms with Crippen molar-refractivity contribution in [3.05, 3.63) is 0 Å². The summed E-state index contributed by atoms with van der Waals surface area (Å²) in [5, 5.41) is 13.8. The minimum Gasteiger partial charge on any atom is -0.548 e. The van der Waals surface area contributed by atoms with Crippen LogP contribution in [0.15, 0.2) is 0 Å². The van der Waals surface area contributed by atoms with E-state index < -0.39 is 48.3 Å². The second-order valence-electron chi connectivity index (χ2n) is 6.09. The number of hydrogen-bond donors (Lipinski definition) is 2. The van der Waals surface area contributed by atoms with Gasteiger partial charge in [0.05, 0.1) is 58.8 Å². The molecule has 1 unspecified atom stereocenters. The number of carboxylic acids is 1. The molecule has 0 saturated heterocycles. The number of carbonyl (C=O) groups is 6. The first-order valence-corrected chi connectivity index (χ1v) is 9.78. The van der Waals surface area contributed by atoms with Crippen LogP contribution in [0.3, 0.4) is 0 Å². The molecule has 14 heteroatoms. The Kier molecular flexibility index (Phi) is 24.3. The SMILES string of the molecule is CCCOC(=O)CC(CC(=O)CNC(=O)OC)C(=O)OCCC.COC(=O)NCC(=O)[O-].[Na+]. The molecule has 184 valence electrons. The number of ketones is 1. The summed E-state index contributed by atoms with van der Waals surface area (Å²) in [5.74, 6) is -3.85. The molecule has 0 aliphatic carbocycles. The molecular formula is C19H31N2NaO11. The number of hydrogen-bond acceptors (Lipinski definition) is 11. The maximum Gasteiger partial charge on any atom is 1.00 e. The Morgan fingerprint density at radius 2 is 1.27 bits per heavy atom. The zero-order valence-corrected chi connectivity index (χ0v) is 21.7. The number of ether oxygens (including phenoxy) is 4. The molecule has 0 fully saturated rings. The third-order valence-electron chi connectivity index (χ3n) is 3.31. The molecule has 0 spiro atoms. The van der Waals surface area contributed by atoms with Gasteiger partial charge < -0.3 is 39.5 Å². The molecule has 0 radical (unpaired) electrons. The number of methoxy groups -OCH3 is 2. The van der Waals surface area contributed by atoms with E-state index in [1.807, 2.05) is 19.2 Å². The number of amides is 2. The molecule has 2 N–H and O–H groups in total. The Balaban J connectivity index is -0.000000760. The van der Waals surface area contributed by atoms with E-state index in [0.717, 1.165) is 7.11 Å². The first-order valence-electron chi connectivity index (χ1n) is 9.78. The van der Waals surface area contributed by atoms with Crippen LogP contribution >= 0.6 is 0 Å². The third-order valence-corrected chi connectivity index (χ3v) is 3.31. The second kappa shape index (κ2) is 22.8. The predicted octanol–water partition coefficient (Wildman–Crippen LogP) is -3.69. The van der Waals surface area contributed by atoms with E-state index in [4.69, 9.17) is 9.47 Å². The Labute approximate surface area is 214 Å². The van der Waals surface area contributed by atoms with Gasteiger partial charge in [0.15, 0.2) is 5.78 Å². The smallest absolute Gasteiger partial charge is 0.548 e. The summed E-state index contributed by atoms with van der Waals surface area (Å²) in [6.45, 7) is 3.35. The zero-order valence-electron chi connectivity index (χ0n) is 19.7. The van der Waals surface area contributed by atoms with Gasteiger partial charge in [0.1, 0.15) is 0 Å². The summed E-state index contributed by atoms with van der Waals surface area (Å²) < 4.78 is 18.3. The average Bonchev–Trinajstić information content (AvgIpc) is 2.77. The molecule has 0 aromatic heterocycles. The van der Waals surface area contributed by atoms with Gasteiger partial charge in [-0.05, 0) is 12.8 Å². The van der Waals surface area contributed by atoms with Gasteiger partial charge in [0, 0.05) is 6.42 Å². The standard InChI is InChI=1S/C15H25NO7.C4H7NO4.Na/c1-4-6-22-13(18)9-11(14(19)23-7-5-2)8-12(17)10-16-15(20)21-3;1-9-4(8)5-2-3(6)7;/h11H,4-10H2,1-3H3,(H,16,20);2H2,1H3,(H,5,8)(H,6,7);/q;;+1/p-1. The maximum atomic E-state index is 11.9. The Morgan fingerprint density at radius 3 is 1.73 bits per heavy atom. The van der Waals surface area contributed by atoms with Crippen LogP contribution in [0.1, 0.15) is 39.5 Å². The molecule has 0 rings (SSSR count). The summed E-state index contributed by atoms with van der Waals surface area (Å²) in [6.07, 6.45) is -0.666. The van der Waals surface area contributed by atoms with Crippen molar-refractivity contribution in [1.82, 2.24) is 10.6 Å². The largest absolute Gasteiger partial charge is 1.00 e. The molecule has 0 aliphatic rings. The van der Waals surface area contributed by atoms with E-state index in [1.54, 1.807) is 0 Å². The van der Waals surface area contributed by atoms with Gasteiger partial charge in [-0.1, -0.05) is 13.8 Å². The molecule has 0 aliphatic heterocycles. The molecule has 0 saturated carbocycles. The molecule has 0 heterocycles. The van der Waals surface area contributed by atoms with Crippen LogP contribution in [0.4, 0.5) is 9.59 Å². The van der Waals surface area contributed by atoms with E-state index in [9.17, 15) is 33.9 Å². The summed E-state index contributed by atoms with van der Waals surface area (Å²) in [6, 6.07) is 0. The Morgan fingerprint density at radius 1 is 0.788 bits per heavy atom. The van der Waals surface area contributed by atoms with Crippen LogP contribution in [-0.4, -0.2) is 76.4 Å². The van der Waals surface area contributed by atoms with Gasteiger partial charge in [-0.15, -0.1) is 0 Å². The van der Waals surface area contributed by atoms with Crippen molar-refractivity contribution in [3.63, 3.8) is 0 Å². The summed E-state index contributed by atoms with van der Waals surface area (Å²) in [5.41, 5.74) is 0. The van der Waals surface area contributed by atoms with Crippen molar-refractivity contribution in [2.45, 2.75) is 39.5 Å². The summed E-state index contributed by atoms with van der Waals surface area (Å²) >= 11 is 0. The molecule has 13 nitrogen and oxygen atoms in total. The van der Waals surface area contributed by atoms with Crippen LogP contribution in [0.5, 0.6) is 0 Å². The molecule has 0 aromatic rings. The van der Waals surface area contributed by atoms with Gasteiger partial charge >= 0.3 is 53.7 Å². The van der Waals surface area contributed by atoms with Crippen molar-refractivity contribution in [3.8, 4) is 0 Å². The van der Waals surface area contributed by atoms with Crippen LogP contribution < -0.4 is 45.3 Å². The number of carbonyl (C=O) groups excluding carboxylic acids is 6. The topological polar surface area (TPSA) is 186 Å². The number of rotatable bonds is 13. The van der Waals surface area contributed by atoms with Gasteiger partial charge in [-0.2, -0.15) is 0 Å². The third kappa shape index (κ3) is 22.6. The summed E-state index contributed by atoms with van der Waals surface area (Å²) in [7, 11) is 2.32. The van der Waals surface area contributed by atoms with Gasteiger partial charge in [0.2, 0.25) is 0 Å². The fourth-order valence-corrected chi connectivity index (χ4v) is 1.84. The van der Waals surface area contributed by atoms with Crippen LogP contribution in [-0.2, 0) is 38.1 Å². The minimum absolute atomic E-state index is 0. The van der Waals surface area contributed by atoms with E-state index in [-0.39, 0.29) is 62.2 Å². The molecule has 2 amide bonds. The Hall–Kier alpha value is -2.38. The van der Waals surface area contributed by atoms with E-state index >= 15 is 0 Å². The number of nitrogens with one attached hydrogen (secondary N) is 2. The maximum absolute atomic E-state index is 11.9. The molecule has 33 heavy (non-hydrogen) atoms. The summed E-state index contributed by atoms with van der Waals surface area (Å²) in [4.78, 5) is 66.1. The van der Waals surface area contributed by atoms with Crippen molar-refractivity contribution >= 4 is 35.9 Å². The first-order chi connectivity index (χ1) is 15.1. The van der Waals surface area contributed by atoms with E-state index in [2.05, 4.69) is 14.8 Å². The number of alkyl carbamates (subject to hydrolysis) is 2. The number of aliphatic carboxylic acids is 1. The van der Waals surface area contributed by atoms with Crippen LogP contribution in [0.2, 0.25) is 0 Å². The van der Waals surface area contributed by atoms with E-state index in [0.29, 0.717) is 12.8 Å². The quantitative estimate of drug-likeness (QED) is 0.148. The predicted molar refractivity (Wildman–Crippen MR) is 106 cm³/mol. The number of Topliss-reactive ketones (excluding diaryl/α,β-unsaturated/α-hetero) is 1. The average molecular weight is 486 g/mol. The Bertz CT molecular complexity index is 629. The first kappa shape index (κ1) is 35.2. The monoisotopic (exact) mass is 486 g/mol. The number of carboxylic acid groups (broad SMARTS) is 1. The second-order valence-corrected chi connectivity index (χ2v) is 6.09. The van der Waals surface area contributed by atoms with E-state index in [1.165, 1.54) is 7.11 Å². The molecule has 1 atom stereocenters. The van der Waals surface area contributed by atoms with Crippen molar-refractivity contribution in [2.24, 2.45) is 5.92 Å². The molecular weight excluding hydrogens is 455 g/mol. The van der Waals surface area contributed by atoms with Crippen molar-refractivity contribution in [2.75, 3.05) is 40.5 Å². The van der Waals surface area contributed by atoms with Crippen molar-refractivity contribution in [1.29, 1.82) is 0 Å². The fourth-order valence-electron chi connectivity index (χ4n) is 1.84. The van der Waals surface area contributed by atoms with Gasteiger partial charge in [-0.3, -0.25) is 14.4 Å². The zero-order chi connectivity index (χ0) is 24.9. The fraction of sp³-hybridized carbons (Fsp3) is 0.684. The van der Waals surface area contributed by atoms with Crippen LogP contribution in [0, 0.1) is 5.92 Å². The van der Waals surface area contributed by atoms with Gasteiger partial charge in [-0.25, -0.2) is 9.59 Å². The van der Waals surface area contributed by atoms with Gasteiger partial charge in [0.25, 0.3) is 0 Å². The van der Waals surface area contributed by atoms with Crippen LogP contribution in [0.25, 0.3) is 0 Å². The molecule has 0 aromatic carbocycles.